The molecule has 0 N–H and O–H groups in total. The number of ether oxygens (including phenoxy) is 1. The van der Waals surface area contributed by atoms with Crippen LogP contribution in [-0.4, -0.2) is 9.91 Å². The first-order valence-corrected chi connectivity index (χ1v) is 6.23. The summed E-state index contributed by atoms with van der Waals surface area (Å²) in [6, 6.07) is 8.41. The van der Waals surface area contributed by atoms with E-state index in [1.165, 1.54) is 12.1 Å². The first kappa shape index (κ1) is 14.5. The predicted molar refractivity (Wildman–Crippen MR) is 76.3 cm³/mol. The van der Waals surface area contributed by atoms with Crippen molar-refractivity contribution >= 4 is 5.69 Å². The van der Waals surface area contributed by atoms with Crippen LogP contribution in [-0.2, 0) is 0 Å². The van der Waals surface area contributed by atoms with Crippen LogP contribution in [0.3, 0.4) is 0 Å². The van der Waals surface area contributed by atoms with Crippen LogP contribution in [0.1, 0.15) is 22.4 Å². The van der Waals surface area contributed by atoms with Gasteiger partial charge in [0.05, 0.1) is 4.92 Å². The molecular formula is C15H13N3O3. The Morgan fingerprint density at radius 2 is 2.00 bits per heavy atom. The molecule has 0 radical (unpaired) electrons. The van der Waals surface area contributed by atoms with E-state index in [0.717, 1.165) is 11.1 Å². The molecule has 0 bridgehead atoms. The molecule has 0 aliphatic rings. The quantitative estimate of drug-likeness (QED) is 0.634. The van der Waals surface area contributed by atoms with E-state index in [0.29, 0.717) is 5.69 Å². The second-order valence-corrected chi connectivity index (χ2v) is 4.70. The van der Waals surface area contributed by atoms with E-state index in [-0.39, 0.29) is 22.9 Å². The Labute approximate surface area is 121 Å². The average molecular weight is 283 g/mol. The van der Waals surface area contributed by atoms with Crippen LogP contribution in [0.4, 0.5) is 5.69 Å². The third-order valence-corrected chi connectivity index (χ3v) is 2.94. The second-order valence-electron chi connectivity index (χ2n) is 4.70. The molecule has 0 aliphatic heterocycles. The van der Waals surface area contributed by atoms with E-state index in [9.17, 15) is 15.4 Å². The van der Waals surface area contributed by atoms with Crippen LogP contribution in [0, 0.1) is 42.2 Å². The van der Waals surface area contributed by atoms with Gasteiger partial charge in [-0.15, -0.1) is 0 Å². The summed E-state index contributed by atoms with van der Waals surface area (Å²) < 4.78 is 5.53. The number of rotatable bonds is 3. The Hall–Kier alpha value is -2.94. The maximum Gasteiger partial charge on any atom is 0.311 e. The summed E-state index contributed by atoms with van der Waals surface area (Å²) in [6.07, 6.45) is 0. The van der Waals surface area contributed by atoms with Crippen molar-refractivity contribution < 1.29 is 9.66 Å². The van der Waals surface area contributed by atoms with Crippen LogP contribution in [0.5, 0.6) is 11.6 Å². The molecule has 0 aliphatic carbocycles. The number of nitro benzene ring substituents is 1. The van der Waals surface area contributed by atoms with Gasteiger partial charge in [0.25, 0.3) is 0 Å². The summed E-state index contributed by atoms with van der Waals surface area (Å²) in [5.74, 6) is 0.154. The number of nitrogens with zero attached hydrogens (tertiary/aromatic N) is 3. The van der Waals surface area contributed by atoms with Crippen molar-refractivity contribution in [3.05, 3.63) is 56.8 Å². The van der Waals surface area contributed by atoms with Crippen LogP contribution in [0.25, 0.3) is 0 Å². The normalized spacial score (nSPS) is 10.0. The molecule has 2 aromatic rings. The van der Waals surface area contributed by atoms with E-state index in [1.807, 2.05) is 6.07 Å². The molecule has 0 amide bonds. The molecule has 0 fully saturated rings. The fourth-order valence-corrected chi connectivity index (χ4v) is 1.97. The van der Waals surface area contributed by atoms with E-state index >= 15 is 0 Å². The number of nitro groups is 1. The van der Waals surface area contributed by atoms with Gasteiger partial charge in [0.1, 0.15) is 11.6 Å². The molecule has 6 nitrogen and oxygen atoms in total. The van der Waals surface area contributed by atoms with Crippen molar-refractivity contribution in [1.29, 1.82) is 5.26 Å². The molecular weight excluding hydrogens is 270 g/mol. The van der Waals surface area contributed by atoms with Crippen LogP contribution in [0.2, 0.25) is 0 Å². The molecule has 2 rings (SSSR count). The Balaban J connectivity index is 2.53. The summed E-state index contributed by atoms with van der Waals surface area (Å²) in [4.78, 5) is 14.7. The topological polar surface area (TPSA) is 89.0 Å². The van der Waals surface area contributed by atoms with Crippen molar-refractivity contribution in [2.75, 3.05) is 0 Å². The number of aromatic nitrogens is 1. The van der Waals surface area contributed by atoms with Gasteiger partial charge in [-0.3, -0.25) is 10.1 Å². The van der Waals surface area contributed by atoms with Crippen molar-refractivity contribution in [1.82, 2.24) is 4.98 Å². The van der Waals surface area contributed by atoms with E-state index < -0.39 is 4.92 Å². The third-order valence-electron chi connectivity index (χ3n) is 2.94. The standard InChI is InChI=1S/C15H13N3O3/c1-9-4-5-14(13(6-9)18(19)20)21-15-12(8-16)10(2)7-11(3)17-15/h4-7H,1-3H3. The molecule has 0 spiro atoms. The molecule has 0 saturated carbocycles. The lowest BCUT2D eigenvalue weighted by molar-refractivity contribution is -0.385. The third kappa shape index (κ3) is 2.98. The largest absolute Gasteiger partial charge is 0.430 e. The number of nitriles is 1. The number of hydrogen-bond donors (Lipinski definition) is 0. The number of aryl methyl sites for hydroxylation is 3. The molecule has 1 aromatic carbocycles. The lowest BCUT2D eigenvalue weighted by Gasteiger charge is -2.09. The molecule has 0 unspecified atom stereocenters. The molecule has 21 heavy (non-hydrogen) atoms. The van der Waals surface area contributed by atoms with Crippen molar-refractivity contribution in [2.45, 2.75) is 20.8 Å². The van der Waals surface area contributed by atoms with Gasteiger partial charge in [-0.2, -0.15) is 5.26 Å². The first-order chi connectivity index (χ1) is 9.92. The minimum Gasteiger partial charge on any atom is -0.430 e. The molecule has 1 aromatic heterocycles. The van der Waals surface area contributed by atoms with Crippen molar-refractivity contribution in [3.63, 3.8) is 0 Å². The zero-order valence-electron chi connectivity index (χ0n) is 11.9. The van der Waals surface area contributed by atoms with Crippen LogP contribution >= 0.6 is 0 Å². The number of hydrogen-bond acceptors (Lipinski definition) is 5. The van der Waals surface area contributed by atoms with Gasteiger partial charge in [-0.05, 0) is 44.0 Å². The maximum absolute atomic E-state index is 11.1. The summed E-state index contributed by atoms with van der Waals surface area (Å²) in [5.41, 5.74) is 2.27. The average Bonchev–Trinajstić information content (AvgIpc) is 2.40. The SMILES string of the molecule is Cc1ccc(Oc2nc(C)cc(C)c2C#N)c([N+](=O)[O-])c1. The minimum absolute atomic E-state index is 0.0691. The van der Waals surface area contributed by atoms with Gasteiger partial charge in [0, 0.05) is 11.8 Å². The Morgan fingerprint density at radius 1 is 1.29 bits per heavy atom. The van der Waals surface area contributed by atoms with E-state index in [4.69, 9.17) is 4.74 Å². The zero-order chi connectivity index (χ0) is 15.6. The highest BCUT2D eigenvalue weighted by atomic mass is 16.6. The lowest BCUT2D eigenvalue weighted by Crippen LogP contribution is -1.99. The summed E-state index contributed by atoms with van der Waals surface area (Å²) in [5, 5.41) is 20.3. The van der Waals surface area contributed by atoms with Crippen LogP contribution < -0.4 is 4.74 Å². The first-order valence-electron chi connectivity index (χ1n) is 6.23. The molecule has 1 heterocycles. The molecule has 6 heteroatoms. The molecule has 0 atom stereocenters. The van der Waals surface area contributed by atoms with Gasteiger partial charge in [-0.25, -0.2) is 4.98 Å². The van der Waals surface area contributed by atoms with Gasteiger partial charge in [0.15, 0.2) is 0 Å². The van der Waals surface area contributed by atoms with E-state index in [1.54, 1.807) is 32.9 Å². The predicted octanol–water partition coefficient (Wildman–Crippen LogP) is 3.58. The van der Waals surface area contributed by atoms with Gasteiger partial charge in [0.2, 0.25) is 11.6 Å². The fourth-order valence-electron chi connectivity index (χ4n) is 1.97. The lowest BCUT2D eigenvalue weighted by atomic mass is 10.1. The molecule has 0 saturated heterocycles. The zero-order valence-corrected chi connectivity index (χ0v) is 11.9. The summed E-state index contributed by atoms with van der Waals surface area (Å²) in [7, 11) is 0. The number of benzene rings is 1. The fraction of sp³-hybridized carbons (Fsp3) is 0.200. The Kier molecular flexibility index (Phi) is 3.85. The van der Waals surface area contributed by atoms with E-state index in [2.05, 4.69) is 4.98 Å². The molecule has 106 valence electrons. The summed E-state index contributed by atoms with van der Waals surface area (Å²) in [6.45, 7) is 5.29. The van der Waals surface area contributed by atoms with Crippen molar-refractivity contribution in [2.24, 2.45) is 0 Å². The highest BCUT2D eigenvalue weighted by Gasteiger charge is 2.19. The highest BCUT2D eigenvalue weighted by molar-refractivity contribution is 5.53. The van der Waals surface area contributed by atoms with Crippen molar-refractivity contribution in [3.8, 4) is 17.7 Å². The monoisotopic (exact) mass is 283 g/mol. The van der Waals surface area contributed by atoms with Crippen LogP contribution in [0.15, 0.2) is 24.3 Å². The smallest absolute Gasteiger partial charge is 0.311 e. The highest BCUT2D eigenvalue weighted by Crippen LogP contribution is 2.33. The van der Waals surface area contributed by atoms with Gasteiger partial charge in [-0.1, -0.05) is 6.07 Å². The number of pyridine rings is 1. The van der Waals surface area contributed by atoms with Gasteiger partial charge >= 0.3 is 5.69 Å². The Morgan fingerprint density at radius 3 is 2.62 bits per heavy atom. The maximum atomic E-state index is 11.1. The second kappa shape index (κ2) is 5.59. The minimum atomic E-state index is -0.517. The van der Waals surface area contributed by atoms with Gasteiger partial charge < -0.3 is 4.74 Å². The Bertz CT molecular complexity index is 763. The summed E-state index contributed by atoms with van der Waals surface area (Å²) >= 11 is 0.